The molecule has 1 aliphatic rings. The summed E-state index contributed by atoms with van der Waals surface area (Å²) in [7, 11) is 1.30. The highest BCUT2D eigenvalue weighted by Crippen LogP contribution is 2.25. The Balaban J connectivity index is 1.89. The van der Waals surface area contributed by atoms with Crippen LogP contribution in [0.25, 0.3) is 0 Å². The van der Waals surface area contributed by atoms with Gasteiger partial charge in [-0.2, -0.15) is 0 Å². The Morgan fingerprint density at radius 3 is 2.48 bits per heavy atom. The van der Waals surface area contributed by atoms with Gasteiger partial charge in [0.05, 0.1) is 25.9 Å². The number of rotatable bonds is 3. The summed E-state index contributed by atoms with van der Waals surface area (Å²) in [6.07, 6.45) is 0.993. The van der Waals surface area contributed by atoms with Gasteiger partial charge in [0.2, 0.25) is 0 Å². The average Bonchev–Trinajstić information content (AvgIpc) is 2.48. The predicted octanol–water partition coefficient (Wildman–Crippen LogP) is 2.25. The zero-order valence-corrected chi connectivity index (χ0v) is 14.0. The third kappa shape index (κ3) is 4.12. The zero-order valence-electron chi connectivity index (χ0n) is 14.0. The third-order valence-electron chi connectivity index (χ3n) is 3.45. The van der Waals surface area contributed by atoms with Gasteiger partial charge in [0, 0.05) is 0 Å². The zero-order chi connectivity index (χ0) is 17.2. The number of methoxy groups -OCH3 is 1. The maximum atomic E-state index is 12.0. The number of carbonyl (C=O) groups is 2. The minimum atomic E-state index is -0.517. The quantitative estimate of drug-likeness (QED) is 0.794. The van der Waals surface area contributed by atoms with Gasteiger partial charge in [-0.1, -0.05) is 0 Å². The fourth-order valence-electron chi connectivity index (χ4n) is 2.12. The van der Waals surface area contributed by atoms with Crippen molar-refractivity contribution in [1.82, 2.24) is 9.88 Å². The van der Waals surface area contributed by atoms with Crippen molar-refractivity contribution < 1.29 is 23.8 Å². The molecule has 2 atom stereocenters. The molecule has 0 saturated carbocycles. The molecule has 2 heterocycles. The van der Waals surface area contributed by atoms with Gasteiger partial charge in [-0.15, -0.1) is 0 Å². The number of nitrogens with zero attached hydrogens (tertiary/aromatic N) is 2. The first-order valence-electron chi connectivity index (χ1n) is 7.42. The maximum absolute atomic E-state index is 12.0. The fourth-order valence-corrected chi connectivity index (χ4v) is 2.12. The summed E-state index contributed by atoms with van der Waals surface area (Å²) in [6.45, 7) is 7.84. The molecular weight excluding hydrogens is 300 g/mol. The van der Waals surface area contributed by atoms with E-state index >= 15 is 0 Å². The van der Waals surface area contributed by atoms with Gasteiger partial charge in [0.25, 0.3) is 0 Å². The molecular formula is C16H22N2O5. The molecule has 126 valence electrons. The van der Waals surface area contributed by atoms with E-state index < -0.39 is 11.6 Å². The molecule has 7 nitrogen and oxygen atoms in total. The van der Waals surface area contributed by atoms with E-state index in [0.717, 1.165) is 0 Å². The van der Waals surface area contributed by atoms with E-state index in [4.69, 9.17) is 9.47 Å². The van der Waals surface area contributed by atoms with Gasteiger partial charge in [0.15, 0.2) is 0 Å². The smallest absolute Gasteiger partial charge is 0.410 e. The molecule has 7 heteroatoms. The molecule has 1 amide bonds. The molecule has 0 aliphatic carbocycles. The summed E-state index contributed by atoms with van der Waals surface area (Å²) in [4.78, 5) is 28.9. The fraction of sp³-hybridized carbons (Fsp3) is 0.562. The van der Waals surface area contributed by atoms with E-state index in [1.165, 1.54) is 19.4 Å². The minimum Gasteiger partial charge on any atom is -0.485 e. The minimum absolute atomic E-state index is 0.0925. The first-order chi connectivity index (χ1) is 10.7. The Morgan fingerprint density at radius 2 is 2.00 bits per heavy atom. The van der Waals surface area contributed by atoms with Crippen molar-refractivity contribution in [2.45, 2.75) is 45.4 Å². The van der Waals surface area contributed by atoms with Crippen molar-refractivity contribution >= 4 is 12.1 Å². The molecule has 1 aromatic rings. The van der Waals surface area contributed by atoms with Crippen LogP contribution >= 0.6 is 0 Å². The van der Waals surface area contributed by atoms with Crippen LogP contribution in [0, 0.1) is 0 Å². The van der Waals surface area contributed by atoms with E-state index in [9.17, 15) is 9.59 Å². The number of ether oxygens (including phenoxy) is 3. The standard InChI is InChI=1S/C16H22N2O5/c1-10-13(9-18(10)15(20)23-16(2,3)4)22-11-6-7-12(17-8-11)14(19)21-5/h6-8,10,13H,9H2,1-5H3/t10-,13+/m1/s1. The number of likely N-dealkylation sites (tertiary alicyclic amines) is 1. The van der Waals surface area contributed by atoms with E-state index in [1.54, 1.807) is 11.0 Å². The Labute approximate surface area is 135 Å². The van der Waals surface area contributed by atoms with Crippen LogP contribution in [0.4, 0.5) is 4.79 Å². The maximum Gasteiger partial charge on any atom is 0.410 e. The lowest BCUT2D eigenvalue weighted by molar-refractivity contribution is -0.0537. The van der Waals surface area contributed by atoms with Gasteiger partial charge >= 0.3 is 12.1 Å². The molecule has 1 fully saturated rings. The monoisotopic (exact) mass is 322 g/mol. The molecule has 1 saturated heterocycles. The summed E-state index contributed by atoms with van der Waals surface area (Å²) in [5, 5.41) is 0. The molecule has 1 aliphatic heterocycles. The Morgan fingerprint density at radius 1 is 1.30 bits per heavy atom. The number of aromatic nitrogens is 1. The van der Waals surface area contributed by atoms with Crippen molar-refractivity contribution in [3.05, 3.63) is 24.0 Å². The summed E-state index contributed by atoms with van der Waals surface area (Å²) in [6, 6.07) is 3.10. The van der Waals surface area contributed by atoms with Crippen LogP contribution in [-0.4, -0.2) is 53.3 Å². The first-order valence-corrected chi connectivity index (χ1v) is 7.42. The molecule has 0 radical (unpaired) electrons. The normalized spacial score (nSPS) is 20.5. The molecule has 0 spiro atoms. The third-order valence-corrected chi connectivity index (χ3v) is 3.45. The van der Waals surface area contributed by atoms with E-state index in [1.807, 2.05) is 27.7 Å². The second-order valence-electron chi connectivity index (χ2n) is 6.40. The molecule has 0 aromatic carbocycles. The van der Waals surface area contributed by atoms with Crippen molar-refractivity contribution in [1.29, 1.82) is 0 Å². The van der Waals surface area contributed by atoms with Crippen LogP contribution < -0.4 is 4.74 Å². The lowest BCUT2D eigenvalue weighted by atomic mass is 10.0. The van der Waals surface area contributed by atoms with Crippen molar-refractivity contribution in [2.75, 3.05) is 13.7 Å². The summed E-state index contributed by atoms with van der Waals surface area (Å²) in [5.74, 6) is 0.0444. The number of pyridine rings is 1. The van der Waals surface area contributed by atoms with Crippen molar-refractivity contribution in [2.24, 2.45) is 0 Å². The highest BCUT2D eigenvalue weighted by molar-refractivity contribution is 5.87. The second kappa shape index (κ2) is 6.44. The Kier molecular flexibility index (Phi) is 4.77. The second-order valence-corrected chi connectivity index (χ2v) is 6.40. The van der Waals surface area contributed by atoms with Gasteiger partial charge < -0.3 is 14.2 Å². The van der Waals surface area contributed by atoms with Crippen molar-refractivity contribution in [3.63, 3.8) is 0 Å². The van der Waals surface area contributed by atoms with Gasteiger partial charge in [0.1, 0.15) is 23.1 Å². The predicted molar refractivity (Wildman–Crippen MR) is 82.4 cm³/mol. The van der Waals surface area contributed by atoms with Crippen LogP contribution in [0.3, 0.4) is 0 Å². The Hall–Kier alpha value is -2.31. The number of amides is 1. The number of hydrogen-bond acceptors (Lipinski definition) is 6. The van der Waals surface area contributed by atoms with Crippen LogP contribution in [0.1, 0.15) is 38.2 Å². The van der Waals surface area contributed by atoms with Crippen LogP contribution in [0.2, 0.25) is 0 Å². The number of esters is 1. The number of carbonyl (C=O) groups excluding carboxylic acids is 2. The highest BCUT2D eigenvalue weighted by atomic mass is 16.6. The summed E-state index contributed by atoms with van der Waals surface area (Å²) >= 11 is 0. The van der Waals surface area contributed by atoms with Gasteiger partial charge in [-0.25, -0.2) is 14.6 Å². The SMILES string of the molecule is COC(=O)c1ccc(O[C@H]2CN(C(=O)OC(C)(C)C)[C@@H]2C)cn1. The molecule has 2 rings (SSSR count). The van der Waals surface area contributed by atoms with E-state index in [-0.39, 0.29) is 23.9 Å². The van der Waals surface area contributed by atoms with E-state index in [0.29, 0.717) is 12.3 Å². The lowest BCUT2D eigenvalue weighted by Crippen LogP contribution is -2.63. The highest BCUT2D eigenvalue weighted by Gasteiger charge is 2.42. The van der Waals surface area contributed by atoms with Crippen molar-refractivity contribution in [3.8, 4) is 5.75 Å². The van der Waals surface area contributed by atoms with Crippen LogP contribution in [0.15, 0.2) is 18.3 Å². The Bertz CT molecular complexity index is 579. The van der Waals surface area contributed by atoms with E-state index in [2.05, 4.69) is 9.72 Å². The molecule has 0 unspecified atom stereocenters. The topological polar surface area (TPSA) is 78.0 Å². The molecule has 0 bridgehead atoms. The van der Waals surface area contributed by atoms with Gasteiger partial charge in [-0.05, 0) is 39.8 Å². The van der Waals surface area contributed by atoms with Crippen LogP contribution in [0.5, 0.6) is 5.75 Å². The lowest BCUT2D eigenvalue weighted by Gasteiger charge is -2.45. The first kappa shape index (κ1) is 17.1. The molecule has 0 N–H and O–H groups in total. The molecule has 23 heavy (non-hydrogen) atoms. The summed E-state index contributed by atoms with van der Waals surface area (Å²) < 4.78 is 15.7. The largest absolute Gasteiger partial charge is 0.485 e. The van der Waals surface area contributed by atoms with Crippen LogP contribution in [-0.2, 0) is 9.47 Å². The molecule has 1 aromatic heterocycles. The number of hydrogen-bond donors (Lipinski definition) is 0. The van der Waals surface area contributed by atoms with Gasteiger partial charge in [-0.3, -0.25) is 4.90 Å². The summed E-state index contributed by atoms with van der Waals surface area (Å²) in [5.41, 5.74) is -0.298. The average molecular weight is 322 g/mol.